The van der Waals surface area contributed by atoms with Gasteiger partial charge in [-0.15, -0.1) is 0 Å². The van der Waals surface area contributed by atoms with Gasteiger partial charge in [0.25, 0.3) is 0 Å². The Hall–Kier alpha value is -1.67. The molecule has 1 aliphatic heterocycles. The summed E-state index contributed by atoms with van der Waals surface area (Å²) in [6.45, 7) is 5.29. The molecule has 2 aromatic rings. The monoisotopic (exact) mass is 392 g/mol. The van der Waals surface area contributed by atoms with E-state index in [1.807, 2.05) is 0 Å². The summed E-state index contributed by atoms with van der Waals surface area (Å²) in [7, 11) is -3.41. The van der Waals surface area contributed by atoms with E-state index in [1.54, 1.807) is 4.31 Å². The van der Waals surface area contributed by atoms with Crippen molar-refractivity contribution < 1.29 is 12.9 Å². The Labute approximate surface area is 160 Å². The van der Waals surface area contributed by atoms with Gasteiger partial charge >= 0.3 is 0 Å². The van der Waals surface area contributed by atoms with Gasteiger partial charge in [-0.25, -0.2) is 12.7 Å². The Morgan fingerprint density at radius 2 is 2.11 bits per heavy atom. The second kappa shape index (κ2) is 7.39. The number of H-pyrrole nitrogens is 1. The van der Waals surface area contributed by atoms with Crippen molar-refractivity contribution in [1.82, 2.24) is 19.7 Å². The first-order chi connectivity index (χ1) is 12.9. The van der Waals surface area contributed by atoms with E-state index < -0.39 is 10.0 Å². The highest BCUT2D eigenvalue weighted by molar-refractivity contribution is 7.88. The zero-order valence-electron chi connectivity index (χ0n) is 16.1. The number of nitrogens with one attached hydrogen (secondary N) is 1. The molecule has 7 nitrogen and oxygen atoms in total. The van der Waals surface area contributed by atoms with E-state index in [0.29, 0.717) is 24.7 Å². The summed E-state index contributed by atoms with van der Waals surface area (Å²) >= 11 is 0. The number of piperidine rings is 1. The van der Waals surface area contributed by atoms with E-state index in [9.17, 15) is 8.42 Å². The van der Waals surface area contributed by atoms with E-state index in [1.165, 1.54) is 0 Å². The summed E-state index contributed by atoms with van der Waals surface area (Å²) in [6.07, 6.45) is 5.74. The SMILES string of the molecule is CC(C)c1cc(C2CCCN(S(=O)(=O)Cc3noc4c3CCCC4)C2)[nH]n1. The molecule has 1 N–H and O–H groups in total. The number of aryl methyl sites for hydroxylation is 1. The average molecular weight is 393 g/mol. The molecule has 0 saturated carbocycles. The van der Waals surface area contributed by atoms with Crippen molar-refractivity contribution in [1.29, 1.82) is 0 Å². The molecule has 1 fully saturated rings. The van der Waals surface area contributed by atoms with Crippen LogP contribution >= 0.6 is 0 Å². The Morgan fingerprint density at radius 3 is 2.89 bits per heavy atom. The highest BCUT2D eigenvalue weighted by atomic mass is 32.2. The molecular formula is C19H28N4O3S. The first kappa shape index (κ1) is 18.7. The van der Waals surface area contributed by atoms with Crippen molar-refractivity contribution >= 4 is 10.0 Å². The maximum absolute atomic E-state index is 13.0. The molecule has 0 aromatic carbocycles. The maximum atomic E-state index is 13.0. The molecule has 27 heavy (non-hydrogen) atoms. The molecule has 2 aromatic heterocycles. The molecule has 0 spiro atoms. The fourth-order valence-corrected chi connectivity index (χ4v) is 5.70. The molecule has 0 radical (unpaired) electrons. The number of nitrogens with zero attached hydrogens (tertiary/aromatic N) is 3. The van der Waals surface area contributed by atoms with E-state index in [4.69, 9.17) is 4.52 Å². The van der Waals surface area contributed by atoms with Crippen molar-refractivity contribution in [2.45, 2.75) is 70.0 Å². The van der Waals surface area contributed by atoms with E-state index >= 15 is 0 Å². The molecule has 1 saturated heterocycles. The molecule has 3 heterocycles. The fourth-order valence-electron chi connectivity index (χ4n) is 4.13. The van der Waals surface area contributed by atoms with E-state index in [0.717, 1.165) is 61.2 Å². The predicted molar refractivity (Wildman–Crippen MR) is 102 cm³/mol. The number of hydrogen-bond donors (Lipinski definition) is 1. The van der Waals surface area contributed by atoms with Crippen molar-refractivity contribution in [3.05, 3.63) is 34.5 Å². The molecule has 1 atom stereocenters. The van der Waals surface area contributed by atoms with Gasteiger partial charge in [-0.1, -0.05) is 19.0 Å². The quantitative estimate of drug-likeness (QED) is 0.844. The lowest BCUT2D eigenvalue weighted by molar-refractivity contribution is 0.311. The van der Waals surface area contributed by atoms with Crippen molar-refractivity contribution in [2.75, 3.05) is 13.1 Å². The van der Waals surface area contributed by atoms with Crippen LogP contribution in [-0.4, -0.2) is 41.2 Å². The number of sulfonamides is 1. The van der Waals surface area contributed by atoms with E-state index in [2.05, 4.69) is 35.3 Å². The lowest BCUT2D eigenvalue weighted by Gasteiger charge is -2.31. The highest BCUT2D eigenvalue weighted by Crippen LogP contribution is 2.31. The van der Waals surface area contributed by atoms with Gasteiger partial charge in [0.2, 0.25) is 10.0 Å². The number of aromatic amines is 1. The average Bonchev–Trinajstić information content (AvgIpc) is 3.30. The Kier molecular flexibility index (Phi) is 5.11. The minimum absolute atomic E-state index is 0.0568. The van der Waals surface area contributed by atoms with Crippen LogP contribution in [0, 0.1) is 0 Å². The van der Waals surface area contributed by atoms with Crippen LogP contribution < -0.4 is 0 Å². The third-order valence-electron chi connectivity index (χ3n) is 5.78. The molecule has 4 rings (SSSR count). The van der Waals surface area contributed by atoms with Crippen LogP contribution in [-0.2, 0) is 28.6 Å². The summed E-state index contributed by atoms with van der Waals surface area (Å²) in [6, 6.07) is 2.08. The third-order valence-corrected chi connectivity index (χ3v) is 7.53. The van der Waals surface area contributed by atoms with Gasteiger partial charge in [-0.2, -0.15) is 5.10 Å². The van der Waals surface area contributed by atoms with Gasteiger partial charge in [0, 0.05) is 36.7 Å². The second-order valence-corrected chi connectivity index (χ2v) is 10.1. The van der Waals surface area contributed by atoms with Gasteiger partial charge in [-0.05, 0) is 44.1 Å². The lowest BCUT2D eigenvalue weighted by Crippen LogP contribution is -2.40. The van der Waals surface area contributed by atoms with Gasteiger partial charge in [-0.3, -0.25) is 5.10 Å². The van der Waals surface area contributed by atoms with Crippen LogP contribution in [0.3, 0.4) is 0 Å². The Morgan fingerprint density at radius 1 is 1.30 bits per heavy atom. The molecular weight excluding hydrogens is 364 g/mol. The van der Waals surface area contributed by atoms with Crippen molar-refractivity contribution in [3.63, 3.8) is 0 Å². The minimum atomic E-state index is -3.41. The fraction of sp³-hybridized carbons (Fsp3) is 0.684. The van der Waals surface area contributed by atoms with Crippen LogP contribution in [0.1, 0.15) is 79.8 Å². The van der Waals surface area contributed by atoms with Crippen molar-refractivity contribution in [3.8, 4) is 0 Å². The molecule has 148 valence electrons. The van der Waals surface area contributed by atoms with Gasteiger partial charge in [0.05, 0.1) is 5.69 Å². The lowest BCUT2D eigenvalue weighted by atomic mass is 9.95. The third kappa shape index (κ3) is 3.82. The first-order valence-electron chi connectivity index (χ1n) is 9.93. The molecule has 0 amide bonds. The summed E-state index contributed by atoms with van der Waals surface area (Å²) in [5, 5.41) is 11.6. The summed E-state index contributed by atoms with van der Waals surface area (Å²) in [4.78, 5) is 0. The minimum Gasteiger partial charge on any atom is -0.361 e. The van der Waals surface area contributed by atoms with Crippen LogP contribution in [0.15, 0.2) is 10.6 Å². The highest BCUT2D eigenvalue weighted by Gasteiger charge is 2.33. The van der Waals surface area contributed by atoms with Gasteiger partial charge < -0.3 is 4.52 Å². The molecule has 1 aliphatic carbocycles. The van der Waals surface area contributed by atoms with Gasteiger partial charge in [0.1, 0.15) is 17.2 Å². The van der Waals surface area contributed by atoms with Crippen molar-refractivity contribution in [2.24, 2.45) is 0 Å². The first-order valence-corrected chi connectivity index (χ1v) is 11.5. The number of aromatic nitrogens is 3. The summed E-state index contributed by atoms with van der Waals surface area (Å²) in [5.74, 6) is 1.34. The number of hydrogen-bond acceptors (Lipinski definition) is 5. The molecule has 0 bridgehead atoms. The summed E-state index contributed by atoms with van der Waals surface area (Å²) in [5.41, 5.74) is 3.70. The molecule has 1 unspecified atom stereocenters. The van der Waals surface area contributed by atoms with Crippen LogP contribution in [0.25, 0.3) is 0 Å². The smallest absolute Gasteiger partial charge is 0.220 e. The topological polar surface area (TPSA) is 92.1 Å². The van der Waals surface area contributed by atoms with E-state index in [-0.39, 0.29) is 11.7 Å². The maximum Gasteiger partial charge on any atom is 0.220 e. The summed E-state index contributed by atoms with van der Waals surface area (Å²) < 4.78 is 33.1. The van der Waals surface area contributed by atoms with Crippen LogP contribution in [0.2, 0.25) is 0 Å². The Balaban J connectivity index is 1.49. The van der Waals surface area contributed by atoms with Crippen LogP contribution in [0.5, 0.6) is 0 Å². The zero-order valence-corrected chi connectivity index (χ0v) is 16.9. The second-order valence-electron chi connectivity index (χ2n) is 8.09. The van der Waals surface area contributed by atoms with Gasteiger partial charge in [0.15, 0.2) is 0 Å². The largest absolute Gasteiger partial charge is 0.361 e. The van der Waals surface area contributed by atoms with Crippen LogP contribution in [0.4, 0.5) is 0 Å². The predicted octanol–water partition coefficient (Wildman–Crippen LogP) is 3.11. The normalized spacial score (nSPS) is 21.5. The molecule has 2 aliphatic rings. The standard InChI is InChI=1S/C19H28N4O3S/c1-13(2)16-10-17(21-20-16)14-6-5-9-23(11-14)27(24,25)12-18-15-7-3-4-8-19(15)26-22-18/h10,13-14H,3-9,11-12H2,1-2H3,(H,20,21). The Bertz CT molecular complexity index is 900. The molecule has 8 heteroatoms. The number of fused-ring (bicyclic) bond motifs is 1. The number of rotatable bonds is 5. The zero-order chi connectivity index (χ0) is 19.0.